The Morgan fingerprint density at radius 2 is 1.68 bits per heavy atom. The van der Waals surface area contributed by atoms with Gasteiger partial charge >= 0.3 is 6.18 Å². The van der Waals surface area contributed by atoms with Crippen LogP contribution in [0.4, 0.5) is 13.2 Å². The maximum absolute atomic E-state index is 13.0. The summed E-state index contributed by atoms with van der Waals surface area (Å²) in [4.78, 5) is 11.9. The minimum Gasteiger partial charge on any atom is -0.411 e. The summed E-state index contributed by atoms with van der Waals surface area (Å²) in [6.07, 6.45) is -5.26. The number of ketones is 1. The summed E-state index contributed by atoms with van der Waals surface area (Å²) in [5.74, 6) is -3.53. The van der Waals surface area contributed by atoms with Crippen LogP contribution in [0.25, 0.3) is 0 Å². The van der Waals surface area contributed by atoms with E-state index in [1.807, 2.05) is 0 Å². The first kappa shape index (κ1) is 22.4. The van der Waals surface area contributed by atoms with E-state index in [4.69, 9.17) is 9.16 Å². The molecule has 0 heterocycles. The van der Waals surface area contributed by atoms with Crippen LogP contribution in [0.3, 0.4) is 0 Å². The standard InChI is InChI=1S/C18H31F3O3Si/c1-11(2)14-12(16(22)18(19,20)21)9-10-13(15(14)23-6)24-25(7,8)17(3,4)5/h12-15H,1,9-10H2,2-8H3/t12-,13+,14-,15-/m1/s1. The zero-order valence-electron chi connectivity index (χ0n) is 16.3. The first-order valence-electron chi connectivity index (χ1n) is 8.60. The van der Waals surface area contributed by atoms with E-state index in [1.165, 1.54) is 7.11 Å². The molecule has 25 heavy (non-hydrogen) atoms. The van der Waals surface area contributed by atoms with Crippen LogP contribution in [-0.4, -0.2) is 39.6 Å². The fourth-order valence-corrected chi connectivity index (χ4v) is 4.62. The van der Waals surface area contributed by atoms with Crippen molar-refractivity contribution < 1.29 is 27.1 Å². The molecule has 0 aromatic carbocycles. The number of rotatable bonds is 5. The van der Waals surface area contributed by atoms with Crippen molar-refractivity contribution in [1.29, 1.82) is 0 Å². The lowest BCUT2D eigenvalue weighted by atomic mass is 9.71. The second kappa shape index (κ2) is 7.52. The normalized spacial score (nSPS) is 28.7. The predicted octanol–water partition coefficient (Wildman–Crippen LogP) is 5.13. The van der Waals surface area contributed by atoms with Crippen molar-refractivity contribution in [1.82, 2.24) is 0 Å². The molecule has 0 aromatic heterocycles. The SMILES string of the molecule is C=C(C)[C@H]1[C@H](OC)[C@@H](O[Si](C)(C)C(C)(C)C)CC[C@H]1C(=O)C(F)(F)F. The number of methoxy groups -OCH3 is 1. The lowest BCUT2D eigenvalue weighted by Crippen LogP contribution is -2.54. The first-order valence-corrected chi connectivity index (χ1v) is 11.5. The highest BCUT2D eigenvalue weighted by Crippen LogP contribution is 2.44. The average molecular weight is 381 g/mol. The zero-order valence-corrected chi connectivity index (χ0v) is 17.3. The maximum Gasteiger partial charge on any atom is 0.450 e. The molecule has 1 saturated carbocycles. The van der Waals surface area contributed by atoms with Crippen LogP contribution in [0.5, 0.6) is 0 Å². The molecule has 7 heteroatoms. The smallest absolute Gasteiger partial charge is 0.411 e. The largest absolute Gasteiger partial charge is 0.450 e. The summed E-state index contributed by atoms with van der Waals surface area (Å²) in [7, 11) is -0.656. The Morgan fingerprint density at radius 3 is 2.04 bits per heavy atom. The van der Waals surface area contributed by atoms with Gasteiger partial charge in [-0.1, -0.05) is 32.9 Å². The quantitative estimate of drug-likeness (QED) is 0.490. The Bertz CT molecular complexity index is 509. The van der Waals surface area contributed by atoms with Crippen molar-refractivity contribution in [2.45, 2.75) is 77.1 Å². The number of alkyl halides is 3. The minimum atomic E-state index is -4.84. The third kappa shape index (κ3) is 4.95. The molecule has 0 aliphatic heterocycles. The van der Waals surface area contributed by atoms with E-state index in [0.29, 0.717) is 12.0 Å². The fraction of sp³-hybridized carbons (Fsp3) is 0.833. The second-order valence-corrected chi connectivity index (χ2v) is 13.3. The highest BCUT2D eigenvalue weighted by atomic mass is 28.4. The molecule has 0 spiro atoms. The van der Waals surface area contributed by atoms with E-state index < -0.39 is 38.2 Å². The van der Waals surface area contributed by atoms with Crippen LogP contribution >= 0.6 is 0 Å². The number of carbonyl (C=O) groups is 1. The molecule has 0 saturated heterocycles. The van der Waals surface area contributed by atoms with Crippen LogP contribution < -0.4 is 0 Å². The van der Waals surface area contributed by atoms with E-state index in [9.17, 15) is 18.0 Å². The lowest BCUT2D eigenvalue weighted by molar-refractivity contribution is -0.182. The van der Waals surface area contributed by atoms with Gasteiger partial charge in [0.1, 0.15) is 0 Å². The maximum atomic E-state index is 13.0. The van der Waals surface area contributed by atoms with Crippen LogP contribution in [-0.2, 0) is 14.0 Å². The summed E-state index contributed by atoms with van der Waals surface area (Å²) in [5.41, 5.74) is 0.526. The van der Waals surface area contributed by atoms with Crippen molar-refractivity contribution in [3.8, 4) is 0 Å². The van der Waals surface area contributed by atoms with E-state index >= 15 is 0 Å². The third-order valence-corrected chi connectivity index (χ3v) is 10.1. The van der Waals surface area contributed by atoms with Crippen molar-refractivity contribution in [2.75, 3.05) is 7.11 Å². The highest BCUT2D eigenvalue weighted by molar-refractivity contribution is 6.74. The van der Waals surface area contributed by atoms with E-state index in [2.05, 4.69) is 40.4 Å². The van der Waals surface area contributed by atoms with Gasteiger partial charge in [0.15, 0.2) is 8.32 Å². The molecule has 1 aliphatic carbocycles. The third-order valence-electron chi connectivity index (χ3n) is 5.63. The van der Waals surface area contributed by atoms with Crippen molar-refractivity contribution >= 4 is 14.1 Å². The monoisotopic (exact) mass is 380 g/mol. The van der Waals surface area contributed by atoms with Gasteiger partial charge in [-0.15, -0.1) is 0 Å². The molecule has 0 unspecified atom stereocenters. The number of halogens is 3. The average Bonchev–Trinajstić information content (AvgIpc) is 2.43. The molecule has 0 radical (unpaired) electrons. The minimum absolute atomic E-state index is 0.0251. The van der Waals surface area contributed by atoms with Crippen LogP contribution in [0.1, 0.15) is 40.5 Å². The van der Waals surface area contributed by atoms with Gasteiger partial charge in [-0.2, -0.15) is 13.2 Å². The van der Waals surface area contributed by atoms with Gasteiger partial charge < -0.3 is 9.16 Å². The topological polar surface area (TPSA) is 35.5 Å². The highest BCUT2D eigenvalue weighted by Gasteiger charge is 2.53. The van der Waals surface area contributed by atoms with Crippen LogP contribution in [0, 0.1) is 11.8 Å². The van der Waals surface area contributed by atoms with Gasteiger partial charge in [-0.05, 0) is 37.9 Å². The number of Topliss-reactive ketones (excluding diaryl/α,β-unsaturated/α-hetero) is 1. The summed E-state index contributed by atoms with van der Waals surface area (Å²) >= 11 is 0. The summed E-state index contributed by atoms with van der Waals surface area (Å²) in [6, 6.07) is 0. The second-order valence-electron chi connectivity index (χ2n) is 8.53. The molecular weight excluding hydrogens is 349 g/mol. The molecule has 1 fully saturated rings. The Balaban J connectivity index is 3.14. The number of hydrogen-bond donors (Lipinski definition) is 0. The van der Waals surface area contributed by atoms with Gasteiger partial charge in [0.2, 0.25) is 5.78 Å². The molecule has 146 valence electrons. The molecule has 4 atom stereocenters. The van der Waals surface area contributed by atoms with Gasteiger partial charge in [0.05, 0.1) is 12.2 Å². The molecule has 0 amide bonds. The first-order chi connectivity index (χ1) is 11.1. The van der Waals surface area contributed by atoms with Crippen LogP contribution in [0.2, 0.25) is 18.1 Å². The summed E-state index contributed by atoms with van der Waals surface area (Å²) in [5, 5.41) is -0.0251. The van der Waals surface area contributed by atoms with Crippen molar-refractivity contribution in [3.05, 3.63) is 12.2 Å². The Hall–Kier alpha value is -0.663. The van der Waals surface area contributed by atoms with E-state index in [-0.39, 0.29) is 17.6 Å². The Labute approximate surface area is 150 Å². The Kier molecular flexibility index (Phi) is 6.74. The molecular formula is C18H31F3O3Si. The van der Waals surface area contributed by atoms with Crippen LogP contribution in [0.15, 0.2) is 12.2 Å². The molecule has 0 aromatic rings. The lowest BCUT2D eigenvalue weighted by Gasteiger charge is -2.47. The number of ether oxygens (including phenoxy) is 1. The molecule has 0 N–H and O–H groups in total. The van der Waals surface area contributed by atoms with Gasteiger partial charge in [-0.3, -0.25) is 4.79 Å². The predicted molar refractivity (Wildman–Crippen MR) is 95.0 cm³/mol. The summed E-state index contributed by atoms with van der Waals surface area (Å²) in [6.45, 7) is 16.0. The molecule has 1 rings (SSSR count). The zero-order chi connectivity index (χ0) is 19.8. The van der Waals surface area contributed by atoms with Crippen molar-refractivity contribution in [2.24, 2.45) is 11.8 Å². The Morgan fingerprint density at radius 1 is 1.16 bits per heavy atom. The van der Waals surface area contributed by atoms with Gasteiger partial charge in [0, 0.05) is 18.9 Å². The van der Waals surface area contributed by atoms with Gasteiger partial charge in [-0.25, -0.2) is 0 Å². The fourth-order valence-electron chi connectivity index (χ4n) is 3.26. The molecule has 1 aliphatic rings. The van der Waals surface area contributed by atoms with Gasteiger partial charge in [0.25, 0.3) is 0 Å². The summed E-state index contributed by atoms with van der Waals surface area (Å²) < 4.78 is 50.9. The van der Waals surface area contributed by atoms with E-state index in [0.717, 1.165) is 0 Å². The van der Waals surface area contributed by atoms with Crippen molar-refractivity contribution in [3.63, 3.8) is 0 Å². The number of carbonyl (C=O) groups excluding carboxylic acids is 1. The molecule has 0 bridgehead atoms. The van der Waals surface area contributed by atoms with E-state index in [1.54, 1.807) is 6.92 Å². The number of hydrogen-bond acceptors (Lipinski definition) is 3. The molecule has 3 nitrogen and oxygen atoms in total.